The molecule has 1 aliphatic heterocycles. The minimum absolute atomic E-state index is 0.0248. The van der Waals surface area contributed by atoms with Crippen LogP contribution in [-0.4, -0.2) is 42.5 Å². The summed E-state index contributed by atoms with van der Waals surface area (Å²) in [6, 6.07) is 0. The Labute approximate surface area is 89.5 Å². The average Bonchev–Trinajstić information content (AvgIpc) is 2.66. The zero-order valence-corrected chi connectivity index (χ0v) is 9.07. The lowest BCUT2D eigenvalue weighted by Crippen LogP contribution is -2.37. The molecule has 0 spiro atoms. The first-order chi connectivity index (χ1) is 7.03. The molecule has 1 heterocycles. The van der Waals surface area contributed by atoms with Gasteiger partial charge in [-0.25, -0.2) is 0 Å². The summed E-state index contributed by atoms with van der Waals surface area (Å²) in [7, 11) is 0. The molecule has 15 heavy (non-hydrogen) atoms. The number of esters is 1. The van der Waals surface area contributed by atoms with E-state index in [1.165, 1.54) is 6.92 Å². The fraction of sp³-hybridized carbons (Fsp3) is 0.900. The van der Waals surface area contributed by atoms with Crippen molar-refractivity contribution in [2.45, 2.75) is 37.9 Å². The predicted molar refractivity (Wildman–Crippen MR) is 54.2 cm³/mol. The highest BCUT2D eigenvalue weighted by atomic mass is 16.6. The van der Waals surface area contributed by atoms with E-state index < -0.39 is 11.6 Å². The Balaban J connectivity index is 2.18. The summed E-state index contributed by atoms with van der Waals surface area (Å²) in [5.41, 5.74) is 4.12. The quantitative estimate of drug-likeness (QED) is 0.624. The molecular formula is C10H19NO4. The van der Waals surface area contributed by atoms with Crippen molar-refractivity contribution in [2.24, 2.45) is 5.73 Å². The van der Waals surface area contributed by atoms with Crippen LogP contribution >= 0.6 is 0 Å². The fourth-order valence-electron chi connectivity index (χ4n) is 1.40. The minimum atomic E-state index is -1.17. The second-order valence-electron chi connectivity index (χ2n) is 4.20. The van der Waals surface area contributed by atoms with E-state index in [0.717, 1.165) is 19.4 Å². The second kappa shape index (κ2) is 5.44. The topological polar surface area (TPSA) is 81.8 Å². The second-order valence-corrected chi connectivity index (χ2v) is 4.20. The Kier molecular flexibility index (Phi) is 4.50. The van der Waals surface area contributed by atoms with Crippen LogP contribution in [0.25, 0.3) is 0 Å². The molecule has 0 saturated carbocycles. The van der Waals surface area contributed by atoms with Crippen LogP contribution in [0.3, 0.4) is 0 Å². The van der Waals surface area contributed by atoms with Crippen LogP contribution in [0.4, 0.5) is 0 Å². The zero-order chi connectivity index (χ0) is 11.3. The lowest BCUT2D eigenvalue weighted by molar-refractivity contribution is -0.151. The van der Waals surface area contributed by atoms with Crippen molar-refractivity contribution in [1.29, 1.82) is 0 Å². The van der Waals surface area contributed by atoms with E-state index in [1.54, 1.807) is 0 Å². The van der Waals surface area contributed by atoms with E-state index in [0.29, 0.717) is 0 Å². The number of ether oxygens (including phenoxy) is 2. The Morgan fingerprint density at radius 1 is 1.73 bits per heavy atom. The number of carbonyl (C=O) groups is 1. The van der Waals surface area contributed by atoms with E-state index in [4.69, 9.17) is 15.2 Å². The molecule has 2 unspecified atom stereocenters. The monoisotopic (exact) mass is 217 g/mol. The smallest absolute Gasteiger partial charge is 0.308 e. The molecule has 0 aromatic rings. The average molecular weight is 217 g/mol. The van der Waals surface area contributed by atoms with Gasteiger partial charge in [-0.2, -0.15) is 0 Å². The standard InChI is InChI=1S/C10H19NO4/c1-10(13,7-11)5-9(12)15-6-8-3-2-4-14-8/h8,13H,2-7,11H2,1H3. The van der Waals surface area contributed by atoms with Crippen LogP contribution in [0.2, 0.25) is 0 Å². The van der Waals surface area contributed by atoms with E-state index in [9.17, 15) is 9.90 Å². The van der Waals surface area contributed by atoms with E-state index in [1.807, 2.05) is 0 Å². The Bertz CT molecular complexity index is 211. The summed E-state index contributed by atoms with van der Waals surface area (Å²) >= 11 is 0. The van der Waals surface area contributed by atoms with Crippen LogP contribution in [0.1, 0.15) is 26.2 Å². The Morgan fingerprint density at radius 2 is 2.47 bits per heavy atom. The molecule has 0 aromatic carbocycles. The summed E-state index contributed by atoms with van der Waals surface area (Å²) in [6.45, 7) is 2.57. The van der Waals surface area contributed by atoms with E-state index >= 15 is 0 Å². The number of hydrogen-bond acceptors (Lipinski definition) is 5. The van der Waals surface area contributed by atoms with E-state index in [-0.39, 0.29) is 25.7 Å². The third-order valence-electron chi connectivity index (χ3n) is 2.42. The number of aliphatic hydroxyl groups is 1. The highest BCUT2D eigenvalue weighted by molar-refractivity contribution is 5.70. The van der Waals surface area contributed by atoms with Gasteiger partial charge in [0.2, 0.25) is 0 Å². The molecule has 1 rings (SSSR count). The first kappa shape index (κ1) is 12.4. The maximum Gasteiger partial charge on any atom is 0.308 e. The highest BCUT2D eigenvalue weighted by Crippen LogP contribution is 2.13. The van der Waals surface area contributed by atoms with Gasteiger partial charge in [0.05, 0.1) is 18.1 Å². The van der Waals surface area contributed by atoms with Gasteiger partial charge in [0, 0.05) is 13.2 Å². The highest BCUT2D eigenvalue weighted by Gasteiger charge is 2.24. The first-order valence-electron chi connectivity index (χ1n) is 5.23. The van der Waals surface area contributed by atoms with Gasteiger partial charge in [-0.15, -0.1) is 0 Å². The number of rotatable bonds is 5. The zero-order valence-electron chi connectivity index (χ0n) is 9.07. The molecule has 1 aliphatic rings. The van der Waals surface area contributed by atoms with Crippen molar-refractivity contribution in [2.75, 3.05) is 19.8 Å². The van der Waals surface area contributed by atoms with Gasteiger partial charge in [0.1, 0.15) is 6.61 Å². The summed E-state index contributed by atoms with van der Waals surface area (Å²) in [5.74, 6) is -0.430. The van der Waals surface area contributed by atoms with Crippen molar-refractivity contribution in [3.05, 3.63) is 0 Å². The Morgan fingerprint density at radius 3 is 3.00 bits per heavy atom. The molecule has 1 saturated heterocycles. The summed E-state index contributed by atoms with van der Waals surface area (Å²) in [6.07, 6.45) is 1.90. The third-order valence-corrected chi connectivity index (χ3v) is 2.42. The van der Waals surface area contributed by atoms with Gasteiger partial charge in [-0.3, -0.25) is 4.79 Å². The van der Waals surface area contributed by atoms with Crippen LogP contribution in [0.5, 0.6) is 0 Å². The number of hydrogen-bond donors (Lipinski definition) is 2. The molecule has 5 heteroatoms. The molecule has 2 atom stereocenters. The van der Waals surface area contributed by atoms with Crippen LogP contribution in [0.15, 0.2) is 0 Å². The largest absolute Gasteiger partial charge is 0.463 e. The van der Waals surface area contributed by atoms with Crippen molar-refractivity contribution >= 4 is 5.97 Å². The number of carbonyl (C=O) groups excluding carboxylic acids is 1. The van der Waals surface area contributed by atoms with Gasteiger partial charge in [0.15, 0.2) is 0 Å². The molecule has 3 N–H and O–H groups in total. The van der Waals surface area contributed by atoms with Crippen LogP contribution in [-0.2, 0) is 14.3 Å². The molecule has 5 nitrogen and oxygen atoms in total. The van der Waals surface area contributed by atoms with Crippen molar-refractivity contribution in [3.8, 4) is 0 Å². The molecule has 88 valence electrons. The minimum Gasteiger partial charge on any atom is -0.463 e. The van der Waals surface area contributed by atoms with Crippen molar-refractivity contribution in [3.63, 3.8) is 0 Å². The van der Waals surface area contributed by atoms with Gasteiger partial charge in [-0.05, 0) is 19.8 Å². The van der Waals surface area contributed by atoms with Gasteiger partial charge in [-0.1, -0.05) is 0 Å². The van der Waals surface area contributed by atoms with Gasteiger partial charge in [0.25, 0.3) is 0 Å². The third kappa shape index (κ3) is 4.59. The maximum atomic E-state index is 11.3. The summed E-state index contributed by atoms with van der Waals surface area (Å²) in [4.78, 5) is 11.3. The van der Waals surface area contributed by atoms with Crippen LogP contribution in [0, 0.1) is 0 Å². The fourth-order valence-corrected chi connectivity index (χ4v) is 1.40. The van der Waals surface area contributed by atoms with Crippen LogP contribution < -0.4 is 5.73 Å². The van der Waals surface area contributed by atoms with E-state index in [2.05, 4.69) is 0 Å². The molecule has 0 bridgehead atoms. The molecular weight excluding hydrogens is 198 g/mol. The Hall–Kier alpha value is -0.650. The number of nitrogens with two attached hydrogens (primary N) is 1. The maximum absolute atomic E-state index is 11.3. The van der Waals surface area contributed by atoms with Crippen molar-refractivity contribution in [1.82, 2.24) is 0 Å². The first-order valence-corrected chi connectivity index (χ1v) is 5.23. The predicted octanol–water partition coefficient (Wildman–Crippen LogP) is -0.192. The summed E-state index contributed by atoms with van der Waals surface area (Å²) < 4.78 is 10.3. The van der Waals surface area contributed by atoms with Crippen molar-refractivity contribution < 1.29 is 19.4 Å². The molecule has 0 amide bonds. The van der Waals surface area contributed by atoms with Gasteiger partial charge < -0.3 is 20.3 Å². The molecule has 0 aliphatic carbocycles. The summed E-state index contributed by atoms with van der Waals surface area (Å²) in [5, 5.41) is 9.53. The SMILES string of the molecule is CC(O)(CN)CC(=O)OCC1CCCO1. The van der Waals surface area contributed by atoms with Gasteiger partial charge >= 0.3 is 5.97 Å². The molecule has 0 aromatic heterocycles. The lowest BCUT2D eigenvalue weighted by Gasteiger charge is -2.20. The lowest BCUT2D eigenvalue weighted by atomic mass is 10.0. The molecule has 1 fully saturated rings. The molecule has 0 radical (unpaired) electrons. The normalized spacial score (nSPS) is 24.9.